The van der Waals surface area contributed by atoms with E-state index in [4.69, 9.17) is 32.5 Å². The maximum Gasteiger partial charge on any atom is 0.354 e. The van der Waals surface area contributed by atoms with Gasteiger partial charge in [0, 0.05) is 59.7 Å². The molecule has 1 saturated heterocycles. The van der Waals surface area contributed by atoms with Crippen molar-refractivity contribution in [1.29, 1.82) is 0 Å². The lowest BCUT2D eigenvalue weighted by molar-refractivity contribution is 0.0690. The molecule has 2 fully saturated rings. The number of allylic oxidation sites excluding steroid dienone is 1. The quantitative estimate of drug-likeness (QED) is 0.243. The van der Waals surface area contributed by atoms with Crippen LogP contribution in [0.15, 0.2) is 41.2 Å². The second-order valence-electron chi connectivity index (χ2n) is 10.1. The molecule has 8 nitrogen and oxygen atoms in total. The zero-order chi connectivity index (χ0) is 28.0. The van der Waals surface area contributed by atoms with Gasteiger partial charge in [-0.3, -0.25) is 4.98 Å². The number of methoxy groups -OCH3 is 1. The number of hydrogen-bond donors (Lipinski definition) is 1. The van der Waals surface area contributed by atoms with Gasteiger partial charge in [-0.2, -0.15) is 0 Å². The maximum absolute atomic E-state index is 15.1. The van der Waals surface area contributed by atoms with Crippen molar-refractivity contribution in [1.82, 2.24) is 15.1 Å². The van der Waals surface area contributed by atoms with Crippen LogP contribution in [-0.4, -0.2) is 46.4 Å². The van der Waals surface area contributed by atoms with Gasteiger partial charge in [0.2, 0.25) is 0 Å². The maximum atomic E-state index is 15.1. The van der Waals surface area contributed by atoms with Gasteiger partial charge in [0.25, 0.3) is 0 Å². The molecule has 11 heteroatoms. The predicted molar refractivity (Wildman–Crippen MR) is 151 cm³/mol. The molecule has 0 atom stereocenters. The van der Waals surface area contributed by atoms with Crippen molar-refractivity contribution >= 4 is 51.8 Å². The molecular formula is C29H25Cl2FN4O4. The molecule has 6 rings (SSSR count). The van der Waals surface area contributed by atoms with Crippen molar-refractivity contribution in [3.05, 3.63) is 69.5 Å². The zero-order valence-electron chi connectivity index (χ0n) is 21.5. The summed E-state index contributed by atoms with van der Waals surface area (Å²) in [7, 11) is 1.43. The van der Waals surface area contributed by atoms with Crippen molar-refractivity contribution in [3.8, 4) is 17.0 Å². The number of pyridine rings is 2. The van der Waals surface area contributed by atoms with Gasteiger partial charge in [0.05, 0.1) is 17.2 Å². The monoisotopic (exact) mass is 582 g/mol. The number of aromatic carboxylic acids is 1. The number of fused-ring (bicyclic) bond motifs is 1. The Labute approximate surface area is 239 Å². The van der Waals surface area contributed by atoms with Crippen molar-refractivity contribution in [2.45, 2.75) is 31.6 Å². The molecule has 0 amide bonds. The number of benzene rings is 1. The van der Waals surface area contributed by atoms with E-state index in [1.807, 2.05) is 0 Å². The number of nitrogens with zero attached hydrogens (tertiary/aromatic N) is 4. The molecule has 1 aromatic carbocycles. The summed E-state index contributed by atoms with van der Waals surface area (Å²) in [5, 5.41) is 14.9. The van der Waals surface area contributed by atoms with Crippen LogP contribution in [0.2, 0.25) is 10.0 Å². The fraction of sp³-hybridized carbons (Fsp3) is 0.310. The molecule has 206 valence electrons. The molecule has 0 radical (unpaired) electrons. The first-order chi connectivity index (χ1) is 19.3. The molecule has 1 N–H and O–H groups in total. The highest BCUT2D eigenvalue weighted by molar-refractivity contribution is 6.39. The van der Waals surface area contributed by atoms with Crippen LogP contribution in [0.1, 0.15) is 53.4 Å². The van der Waals surface area contributed by atoms with E-state index in [1.54, 1.807) is 18.5 Å². The van der Waals surface area contributed by atoms with Crippen LogP contribution in [0.3, 0.4) is 0 Å². The van der Waals surface area contributed by atoms with Crippen LogP contribution < -0.4 is 9.64 Å². The lowest BCUT2D eigenvalue weighted by atomic mass is 9.94. The van der Waals surface area contributed by atoms with Gasteiger partial charge < -0.3 is 19.3 Å². The van der Waals surface area contributed by atoms with Gasteiger partial charge in [-0.05, 0) is 43.7 Å². The van der Waals surface area contributed by atoms with Crippen LogP contribution >= 0.6 is 23.2 Å². The SMILES string of the molecule is COc1cc(C(=O)O)nc2c(F)cc(N3CCC(/C=C/c4c(-c5c(Cl)cncc5Cl)noc4C4CC4)CC3)cc12. The number of carboxylic acid groups (broad SMARTS) is 1. The summed E-state index contributed by atoms with van der Waals surface area (Å²) >= 11 is 12.9. The molecule has 3 aromatic heterocycles. The number of hydrogen-bond acceptors (Lipinski definition) is 7. The van der Waals surface area contributed by atoms with E-state index in [-0.39, 0.29) is 17.0 Å². The smallest absolute Gasteiger partial charge is 0.354 e. The van der Waals surface area contributed by atoms with Crippen LogP contribution in [0.4, 0.5) is 10.1 Å². The first kappa shape index (κ1) is 26.5. The van der Waals surface area contributed by atoms with Crippen LogP contribution in [-0.2, 0) is 0 Å². The number of piperidine rings is 1. The Balaban J connectivity index is 1.22. The van der Waals surface area contributed by atoms with Crippen molar-refractivity contribution in [3.63, 3.8) is 0 Å². The predicted octanol–water partition coefficient (Wildman–Crippen LogP) is 7.24. The molecule has 40 heavy (non-hydrogen) atoms. The fourth-order valence-corrected chi connectivity index (χ4v) is 5.76. The molecular weight excluding hydrogens is 558 g/mol. The van der Waals surface area contributed by atoms with Crippen molar-refractivity contribution < 1.29 is 23.6 Å². The molecule has 4 heterocycles. The second-order valence-corrected chi connectivity index (χ2v) is 10.9. The van der Waals surface area contributed by atoms with Gasteiger partial charge in [-0.15, -0.1) is 0 Å². The molecule has 1 aliphatic heterocycles. The zero-order valence-corrected chi connectivity index (χ0v) is 23.0. The first-order valence-corrected chi connectivity index (χ1v) is 13.7. The van der Waals surface area contributed by atoms with Gasteiger partial charge in [0.1, 0.15) is 22.7 Å². The highest BCUT2D eigenvalue weighted by Gasteiger charge is 2.33. The molecule has 4 aromatic rings. The number of halogens is 3. The fourth-order valence-electron chi connectivity index (χ4n) is 5.21. The van der Waals surface area contributed by atoms with Gasteiger partial charge >= 0.3 is 5.97 Å². The standard InChI is InChI=1S/C29H25Cl2FN4O4/c1-39-24-12-23(29(37)38)34-26-19(24)10-17(11-22(26)32)36-8-6-15(7-9-36)2-5-18-27(35-40-28(18)16-3-4-16)25-20(30)13-33-14-21(25)31/h2,5,10-16H,3-4,6-9H2,1H3,(H,37,38)/b5-2+. The highest BCUT2D eigenvalue weighted by Crippen LogP contribution is 2.46. The van der Waals surface area contributed by atoms with E-state index < -0.39 is 11.8 Å². The summed E-state index contributed by atoms with van der Waals surface area (Å²) in [4.78, 5) is 21.5. The molecule has 0 bridgehead atoms. The van der Waals surface area contributed by atoms with Crippen LogP contribution in [0, 0.1) is 11.7 Å². The minimum atomic E-state index is -1.24. The van der Waals surface area contributed by atoms with Gasteiger partial charge in [-0.1, -0.05) is 40.5 Å². The molecule has 1 aliphatic carbocycles. The average molecular weight is 583 g/mol. The second kappa shape index (κ2) is 10.7. The number of ether oxygens (including phenoxy) is 1. The summed E-state index contributed by atoms with van der Waals surface area (Å²) in [6.07, 6.45) is 11.2. The Bertz CT molecular complexity index is 1620. The van der Waals surface area contributed by atoms with E-state index in [1.165, 1.54) is 19.2 Å². The van der Waals surface area contributed by atoms with Crippen molar-refractivity contribution in [2.24, 2.45) is 5.92 Å². The Morgan fingerprint density at radius 2 is 1.88 bits per heavy atom. The molecule has 0 unspecified atom stereocenters. The van der Waals surface area contributed by atoms with E-state index in [9.17, 15) is 9.90 Å². The summed E-state index contributed by atoms with van der Waals surface area (Å²) in [5.41, 5.74) is 2.55. The third-order valence-corrected chi connectivity index (χ3v) is 8.06. The third kappa shape index (κ3) is 4.99. The van der Waals surface area contributed by atoms with E-state index >= 15 is 4.39 Å². The summed E-state index contributed by atoms with van der Waals surface area (Å²) in [6, 6.07) is 4.52. The Morgan fingerprint density at radius 1 is 1.15 bits per heavy atom. The Hall–Kier alpha value is -3.69. The third-order valence-electron chi connectivity index (χ3n) is 7.49. The lowest BCUT2D eigenvalue weighted by Gasteiger charge is -2.32. The minimum Gasteiger partial charge on any atom is -0.496 e. The van der Waals surface area contributed by atoms with Crippen molar-refractivity contribution in [2.75, 3.05) is 25.1 Å². The van der Waals surface area contributed by atoms with Gasteiger partial charge in [-0.25, -0.2) is 14.2 Å². The number of rotatable bonds is 7. The van der Waals surface area contributed by atoms with Gasteiger partial charge in [0.15, 0.2) is 11.5 Å². The number of carboxylic acids is 1. The largest absolute Gasteiger partial charge is 0.496 e. The van der Waals surface area contributed by atoms with Crippen LogP contribution in [0.5, 0.6) is 5.75 Å². The summed E-state index contributed by atoms with van der Waals surface area (Å²) in [6.45, 7) is 1.44. The first-order valence-electron chi connectivity index (χ1n) is 13.0. The van der Waals surface area contributed by atoms with E-state index in [0.29, 0.717) is 44.2 Å². The number of aromatic nitrogens is 3. The Morgan fingerprint density at radius 3 is 2.52 bits per heavy atom. The molecule has 1 saturated carbocycles. The lowest BCUT2D eigenvalue weighted by Crippen LogP contribution is -2.33. The van der Waals surface area contributed by atoms with E-state index in [2.05, 4.69) is 32.2 Å². The highest BCUT2D eigenvalue weighted by atomic mass is 35.5. The average Bonchev–Trinajstić information content (AvgIpc) is 3.71. The summed E-state index contributed by atoms with van der Waals surface area (Å²) in [5.74, 6) is -0.0541. The molecule has 0 spiro atoms. The number of anilines is 1. The topological polar surface area (TPSA) is 102 Å². The number of carbonyl (C=O) groups is 1. The molecule has 2 aliphatic rings. The Kier molecular flexibility index (Phi) is 7.10. The normalized spacial score (nSPS) is 16.2. The minimum absolute atomic E-state index is 0.0243. The summed E-state index contributed by atoms with van der Waals surface area (Å²) < 4.78 is 26.2. The van der Waals surface area contributed by atoms with Crippen LogP contribution in [0.25, 0.3) is 28.2 Å². The van der Waals surface area contributed by atoms with E-state index in [0.717, 1.165) is 50.1 Å².